The Morgan fingerprint density at radius 1 is 1.39 bits per heavy atom. The summed E-state index contributed by atoms with van der Waals surface area (Å²) in [5.41, 5.74) is -0.823. The fourth-order valence-corrected chi connectivity index (χ4v) is 1.96. The highest BCUT2D eigenvalue weighted by molar-refractivity contribution is 6.32. The molecule has 0 spiro atoms. The van der Waals surface area contributed by atoms with Gasteiger partial charge in [0, 0.05) is 12.7 Å². The Bertz CT molecular complexity index is 416. The number of rotatable bonds is 5. The van der Waals surface area contributed by atoms with Gasteiger partial charge in [0.25, 0.3) is 0 Å². The minimum atomic E-state index is -4.40. The number of halogens is 4. The summed E-state index contributed by atoms with van der Waals surface area (Å²) in [6.07, 6.45) is 1.16. The van der Waals surface area contributed by atoms with E-state index in [-0.39, 0.29) is 5.02 Å². The molecule has 1 saturated carbocycles. The molecule has 18 heavy (non-hydrogen) atoms. The fourth-order valence-electron chi connectivity index (χ4n) is 1.73. The molecule has 1 aromatic heterocycles. The molecule has 0 unspecified atom stereocenters. The van der Waals surface area contributed by atoms with Crippen LogP contribution in [0.15, 0.2) is 12.3 Å². The third-order valence-corrected chi connectivity index (χ3v) is 3.24. The fraction of sp³-hybridized carbons (Fsp3) is 0.583. The van der Waals surface area contributed by atoms with Gasteiger partial charge in [0.15, 0.2) is 0 Å². The zero-order valence-electron chi connectivity index (χ0n) is 9.73. The van der Waals surface area contributed by atoms with Gasteiger partial charge in [-0.15, -0.1) is 0 Å². The molecular weight excluding hydrogens is 265 g/mol. The summed E-state index contributed by atoms with van der Waals surface area (Å²) < 4.78 is 37.1. The van der Waals surface area contributed by atoms with Crippen LogP contribution in [-0.2, 0) is 6.18 Å². The molecule has 1 aliphatic carbocycles. The molecule has 0 amide bonds. The van der Waals surface area contributed by atoms with E-state index in [9.17, 15) is 13.2 Å². The van der Waals surface area contributed by atoms with Crippen LogP contribution in [0.2, 0.25) is 5.02 Å². The SMILES string of the molecule is FC(F)(F)c1cnc(NCCCC2CC2)c(Cl)c1. The van der Waals surface area contributed by atoms with Gasteiger partial charge >= 0.3 is 6.18 Å². The van der Waals surface area contributed by atoms with E-state index < -0.39 is 11.7 Å². The molecule has 1 N–H and O–H groups in total. The van der Waals surface area contributed by atoms with E-state index >= 15 is 0 Å². The van der Waals surface area contributed by atoms with E-state index in [1.807, 2.05) is 0 Å². The maximum atomic E-state index is 12.4. The van der Waals surface area contributed by atoms with Crippen molar-refractivity contribution in [2.75, 3.05) is 11.9 Å². The largest absolute Gasteiger partial charge is 0.417 e. The first-order valence-electron chi connectivity index (χ1n) is 5.93. The van der Waals surface area contributed by atoms with Gasteiger partial charge in [-0.2, -0.15) is 13.2 Å². The Balaban J connectivity index is 1.88. The van der Waals surface area contributed by atoms with Gasteiger partial charge < -0.3 is 5.32 Å². The number of aromatic nitrogens is 1. The summed E-state index contributed by atoms with van der Waals surface area (Å²) in [6, 6.07) is 0.901. The van der Waals surface area contributed by atoms with E-state index in [2.05, 4.69) is 10.3 Å². The number of nitrogens with one attached hydrogen (secondary N) is 1. The Kier molecular flexibility index (Phi) is 4.00. The van der Waals surface area contributed by atoms with Crippen LogP contribution in [-0.4, -0.2) is 11.5 Å². The van der Waals surface area contributed by atoms with Gasteiger partial charge in [-0.05, 0) is 24.8 Å². The molecule has 0 radical (unpaired) electrons. The average molecular weight is 279 g/mol. The summed E-state index contributed by atoms with van der Waals surface area (Å²) in [4.78, 5) is 3.71. The third-order valence-electron chi connectivity index (χ3n) is 2.95. The third kappa shape index (κ3) is 3.77. The molecule has 0 bridgehead atoms. The van der Waals surface area contributed by atoms with Crippen LogP contribution in [0.5, 0.6) is 0 Å². The summed E-state index contributed by atoms with van der Waals surface area (Å²) in [6.45, 7) is 0.689. The second-order valence-corrected chi connectivity index (χ2v) is 4.97. The molecule has 0 atom stereocenters. The minimum absolute atomic E-state index is 0.0104. The topological polar surface area (TPSA) is 24.9 Å². The van der Waals surface area contributed by atoms with Crippen molar-refractivity contribution in [3.05, 3.63) is 22.8 Å². The zero-order valence-corrected chi connectivity index (χ0v) is 10.5. The van der Waals surface area contributed by atoms with Gasteiger partial charge in [-0.25, -0.2) is 4.98 Å². The van der Waals surface area contributed by atoms with Crippen molar-refractivity contribution < 1.29 is 13.2 Å². The second kappa shape index (κ2) is 5.34. The van der Waals surface area contributed by atoms with Crippen molar-refractivity contribution >= 4 is 17.4 Å². The number of anilines is 1. The Morgan fingerprint density at radius 2 is 2.11 bits per heavy atom. The molecule has 1 aliphatic rings. The molecule has 6 heteroatoms. The molecule has 0 saturated heterocycles. The summed E-state index contributed by atoms with van der Waals surface area (Å²) in [7, 11) is 0. The van der Waals surface area contributed by atoms with Crippen LogP contribution in [0.1, 0.15) is 31.2 Å². The Hall–Kier alpha value is -0.970. The number of nitrogens with zero attached hydrogens (tertiary/aromatic N) is 1. The van der Waals surface area contributed by atoms with Crippen molar-refractivity contribution in [3.63, 3.8) is 0 Å². The maximum Gasteiger partial charge on any atom is 0.417 e. The van der Waals surface area contributed by atoms with Crippen molar-refractivity contribution in [1.29, 1.82) is 0 Å². The number of pyridine rings is 1. The highest BCUT2D eigenvalue weighted by Crippen LogP contribution is 2.34. The van der Waals surface area contributed by atoms with Crippen LogP contribution in [0, 0.1) is 5.92 Å². The first-order valence-corrected chi connectivity index (χ1v) is 6.31. The lowest BCUT2D eigenvalue weighted by molar-refractivity contribution is -0.137. The number of hydrogen-bond donors (Lipinski definition) is 1. The van der Waals surface area contributed by atoms with Crippen LogP contribution in [0.25, 0.3) is 0 Å². The Labute approximate surface area is 109 Å². The monoisotopic (exact) mass is 278 g/mol. The maximum absolute atomic E-state index is 12.4. The predicted molar refractivity (Wildman–Crippen MR) is 64.7 cm³/mol. The Morgan fingerprint density at radius 3 is 2.67 bits per heavy atom. The van der Waals surface area contributed by atoms with E-state index in [4.69, 9.17) is 11.6 Å². The molecule has 100 valence electrons. The van der Waals surface area contributed by atoms with Gasteiger partial charge in [0.2, 0.25) is 0 Å². The normalized spacial score (nSPS) is 15.8. The highest BCUT2D eigenvalue weighted by Gasteiger charge is 2.31. The molecule has 1 fully saturated rings. The van der Waals surface area contributed by atoms with E-state index in [1.165, 1.54) is 12.8 Å². The second-order valence-electron chi connectivity index (χ2n) is 4.56. The van der Waals surface area contributed by atoms with Crippen molar-refractivity contribution in [2.45, 2.75) is 31.9 Å². The van der Waals surface area contributed by atoms with Crippen molar-refractivity contribution in [3.8, 4) is 0 Å². The summed E-state index contributed by atoms with van der Waals surface area (Å²) in [5, 5.41) is 2.97. The van der Waals surface area contributed by atoms with Crippen LogP contribution >= 0.6 is 11.6 Å². The highest BCUT2D eigenvalue weighted by atomic mass is 35.5. The average Bonchev–Trinajstić information content (AvgIpc) is 3.08. The van der Waals surface area contributed by atoms with Crippen LogP contribution in [0.4, 0.5) is 19.0 Å². The quantitative estimate of drug-likeness (QED) is 0.810. The van der Waals surface area contributed by atoms with Gasteiger partial charge in [0.05, 0.1) is 10.6 Å². The minimum Gasteiger partial charge on any atom is -0.369 e. The summed E-state index contributed by atoms with van der Waals surface area (Å²) in [5.74, 6) is 1.17. The van der Waals surface area contributed by atoms with Crippen LogP contribution < -0.4 is 5.32 Å². The van der Waals surface area contributed by atoms with Gasteiger partial charge in [-0.3, -0.25) is 0 Å². The van der Waals surface area contributed by atoms with E-state index in [0.717, 1.165) is 31.0 Å². The first-order chi connectivity index (χ1) is 8.47. The molecule has 2 nitrogen and oxygen atoms in total. The van der Waals surface area contributed by atoms with Crippen molar-refractivity contribution in [2.24, 2.45) is 5.92 Å². The lowest BCUT2D eigenvalue weighted by Crippen LogP contribution is -2.08. The molecule has 1 aromatic rings. The lowest BCUT2D eigenvalue weighted by Gasteiger charge is -2.10. The van der Waals surface area contributed by atoms with Gasteiger partial charge in [-0.1, -0.05) is 24.4 Å². The molecule has 2 rings (SSSR count). The molecule has 1 heterocycles. The first kappa shape index (κ1) is 13.5. The standard InChI is InChI=1S/C12H14ClF3N2/c13-10-6-9(12(14,15)16)7-18-11(10)17-5-1-2-8-3-4-8/h6-8H,1-5H2,(H,17,18). The molecule has 0 aliphatic heterocycles. The molecule has 0 aromatic carbocycles. The van der Waals surface area contributed by atoms with Crippen molar-refractivity contribution in [1.82, 2.24) is 4.98 Å². The lowest BCUT2D eigenvalue weighted by atomic mass is 10.2. The number of hydrogen-bond acceptors (Lipinski definition) is 2. The summed E-state index contributed by atoms with van der Waals surface area (Å²) >= 11 is 5.76. The van der Waals surface area contributed by atoms with Crippen LogP contribution in [0.3, 0.4) is 0 Å². The number of alkyl halides is 3. The van der Waals surface area contributed by atoms with Gasteiger partial charge in [0.1, 0.15) is 5.82 Å². The van der Waals surface area contributed by atoms with E-state index in [1.54, 1.807) is 0 Å². The predicted octanol–water partition coefficient (Wildman–Crippen LogP) is 4.36. The zero-order chi connectivity index (χ0) is 13.2. The van der Waals surface area contributed by atoms with E-state index in [0.29, 0.717) is 12.4 Å². The molecular formula is C12H14ClF3N2. The smallest absolute Gasteiger partial charge is 0.369 e.